The van der Waals surface area contributed by atoms with Crippen LogP contribution in [0.25, 0.3) is 11.1 Å². The molecule has 0 bridgehead atoms. The Hall–Kier alpha value is -3.18. The Labute approximate surface area is 208 Å². The lowest BCUT2D eigenvalue weighted by Crippen LogP contribution is -2.13. The van der Waals surface area contributed by atoms with Crippen LogP contribution in [-0.2, 0) is 23.7 Å². The van der Waals surface area contributed by atoms with Crippen molar-refractivity contribution in [2.24, 2.45) is 0 Å². The van der Waals surface area contributed by atoms with Crippen molar-refractivity contribution < 1.29 is 28.5 Å². The molecular formula is C28H35NO6. The van der Waals surface area contributed by atoms with Gasteiger partial charge in [-0.3, -0.25) is 0 Å². The highest BCUT2D eigenvalue weighted by molar-refractivity contribution is 5.81. The van der Waals surface area contributed by atoms with E-state index in [9.17, 15) is 4.79 Å². The van der Waals surface area contributed by atoms with Crippen LogP contribution in [0.5, 0.6) is 5.75 Å². The molecule has 0 amide bonds. The molecular weight excluding hydrogens is 446 g/mol. The first-order chi connectivity index (χ1) is 17.2. The van der Waals surface area contributed by atoms with Gasteiger partial charge in [0.05, 0.1) is 51.3 Å². The van der Waals surface area contributed by atoms with Crippen molar-refractivity contribution >= 4 is 5.97 Å². The number of carbonyl (C=O) groups is 1. The number of esters is 1. The lowest BCUT2D eigenvalue weighted by atomic mass is 10.0. The van der Waals surface area contributed by atoms with Crippen LogP contribution >= 0.6 is 0 Å². The van der Waals surface area contributed by atoms with E-state index in [0.717, 1.165) is 55.2 Å². The van der Waals surface area contributed by atoms with E-state index in [-0.39, 0.29) is 6.61 Å². The number of hydrogen-bond donors (Lipinski definition) is 0. The van der Waals surface area contributed by atoms with Gasteiger partial charge in [-0.15, -0.1) is 0 Å². The number of unbranched alkanes of at least 4 members (excludes halogenated alkanes) is 3. The highest BCUT2D eigenvalue weighted by atomic mass is 16.6. The van der Waals surface area contributed by atoms with Crippen LogP contribution in [0.3, 0.4) is 0 Å². The molecule has 0 aliphatic carbocycles. The number of rotatable bonds is 19. The molecule has 188 valence electrons. The van der Waals surface area contributed by atoms with Gasteiger partial charge in [-0.05, 0) is 54.7 Å². The van der Waals surface area contributed by atoms with Crippen LogP contribution in [0, 0.1) is 11.3 Å². The quantitative estimate of drug-likeness (QED) is 0.159. The molecule has 0 saturated carbocycles. The second-order valence-corrected chi connectivity index (χ2v) is 7.68. The Morgan fingerprint density at radius 2 is 1.23 bits per heavy atom. The number of carbonyl (C=O) groups excluding carboxylic acids is 1. The fourth-order valence-electron chi connectivity index (χ4n) is 3.13. The van der Waals surface area contributed by atoms with Crippen LogP contribution in [0.1, 0.15) is 31.2 Å². The summed E-state index contributed by atoms with van der Waals surface area (Å²) in [6, 6.07) is 17.7. The largest absolute Gasteiger partial charge is 0.494 e. The minimum atomic E-state index is -0.446. The molecule has 0 N–H and O–H groups in total. The maximum Gasteiger partial charge on any atom is 0.330 e. The summed E-state index contributed by atoms with van der Waals surface area (Å²) in [5.41, 5.74) is 2.85. The number of hydrogen-bond acceptors (Lipinski definition) is 7. The maximum atomic E-state index is 10.8. The van der Waals surface area contributed by atoms with Gasteiger partial charge in [-0.2, -0.15) is 5.26 Å². The lowest BCUT2D eigenvalue weighted by molar-refractivity contribution is -0.139. The second-order valence-electron chi connectivity index (χ2n) is 7.68. The van der Waals surface area contributed by atoms with Gasteiger partial charge in [0.15, 0.2) is 0 Å². The SMILES string of the molecule is C=CC(=O)OCCOCCOCCOCCCCCCOc1ccc(-c2ccc(C#N)cc2)cc1. The third-order valence-electron chi connectivity index (χ3n) is 5.04. The zero-order chi connectivity index (χ0) is 25.0. The van der Waals surface area contributed by atoms with E-state index in [1.807, 2.05) is 48.5 Å². The Kier molecular flexibility index (Phi) is 14.6. The number of nitriles is 1. The molecule has 0 saturated heterocycles. The third kappa shape index (κ3) is 12.7. The Morgan fingerprint density at radius 1 is 0.714 bits per heavy atom. The minimum Gasteiger partial charge on any atom is -0.494 e. The van der Waals surface area contributed by atoms with Gasteiger partial charge in [0.1, 0.15) is 12.4 Å². The molecule has 0 radical (unpaired) electrons. The first kappa shape index (κ1) is 28.1. The first-order valence-corrected chi connectivity index (χ1v) is 12.0. The predicted octanol–water partition coefficient (Wildman–Crippen LogP) is 4.94. The zero-order valence-corrected chi connectivity index (χ0v) is 20.3. The van der Waals surface area contributed by atoms with Crippen molar-refractivity contribution in [1.29, 1.82) is 5.26 Å². The molecule has 0 fully saturated rings. The molecule has 0 aliphatic heterocycles. The van der Waals surface area contributed by atoms with E-state index < -0.39 is 5.97 Å². The molecule has 0 aromatic heterocycles. The van der Waals surface area contributed by atoms with Crippen LogP contribution in [0.15, 0.2) is 61.2 Å². The lowest BCUT2D eigenvalue weighted by Gasteiger charge is -2.08. The van der Waals surface area contributed by atoms with E-state index in [1.165, 1.54) is 0 Å². The zero-order valence-electron chi connectivity index (χ0n) is 20.3. The molecule has 2 aromatic carbocycles. The normalized spacial score (nSPS) is 10.5. The molecule has 35 heavy (non-hydrogen) atoms. The topological polar surface area (TPSA) is 87.0 Å². The summed E-state index contributed by atoms with van der Waals surface area (Å²) in [6.07, 6.45) is 5.35. The highest BCUT2D eigenvalue weighted by Gasteiger charge is 2.00. The Balaban J connectivity index is 1.37. The second kappa shape index (κ2) is 18.2. The van der Waals surface area contributed by atoms with Gasteiger partial charge in [-0.1, -0.05) is 37.3 Å². The van der Waals surface area contributed by atoms with Crippen molar-refractivity contribution in [3.8, 4) is 22.9 Å². The number of ether oxygens (including phenoxy) is 5. The van der Waals surface area contributed by atoms with E-state index in [1.54, 1.807) is 0 Å². The molecule has 7 heteroatoms. The fourth-order valence-corrected chi connectivity index (χ4v) is 3.13. The summed E-state index contributed by atoms with van der Waals surface area (Å²) in [4.78, 5) is 10.8. The van der Waals surface area contributed by atoms with Gasteiger partial charge in [0.2, 0.25) is 0 Å². The molecule has 0 unspecified atom stereocenters. The standard InChI is InChI=1S/C28H35NO6/c1-2-28(30)35-22-21-33-20-19-32-18-17-31-15-5-3-4-6-16-34-27-13-11-26(12-14-27)25-9-7-24(23-29)8-10-25/h2,7-14H,1,3-6,15-22H2. The minimum absolute atomic E-state index is 0.216. The molecule has 0 atom stereocenters. The summed E-state index contributed by atoms with van der Waals surface area (Å²) in [5.74, 6) is 0.422. The van der Waals surface area contributed by atoms with Crippen LogP contribution < -0.4 is 4.74 Å². The van der Waals surface area contributed by atoms with Crippen LogP contribution in [0.4, 0.5) is 0 Å². The number of nitrogens with zero attached hydrogens (tertiary/aromatic N) is 1. The average molecular weight is 482 g/mol. The van der Waals surface area contributed by atoms with Crippen LogP contribution in [0.2, 0.25) is 0 Å². The third-order valence-corrected chi connectivity index (χ3v) is 5.04. The predicted molar refractivity (Wildman–Crippen MR) is 134 cm³/mol. The molecule has 0 heterocycles. The van der Waals surface area contributed by atoms with Gasteiger partial charge in [0, 0.05) is 12.7 Å². The molecule has 7 nitrogen and oxygen atoms in total. The molecule has 0 spiro atoms. The van der Waals surface area contributed by atoms with E-state index in [0.29, 0.717) is 45.2 Å². The van der Waals surface area contributed by atoms with Crippen molar-refractivity contribution in [3.63, 3.8) is 0 Å². The molecule has 0 aliphatic rings. The smallest absolute Gasteiger partial charge is 0.330 e. The maximum absolute atomic E-state index is 10.8. The molecule has 2 rings (SSSR count). The summed E-state index contributed by atoms with van der Waals surface area (Å²) >= 11 is 0. The van der Waals surface area contributed by atoms with E-state index in [2.05, 4.69) is 12.6 Å². The van der Waals surface area contributed by atoms with Gasteiger partial charge >= 0.3 is 5.97 Å². The summed E-state index contributed by atoms with van der Waals surface area (Å²) < 4.78 is 26.9. The van der Waals surface area contributed by atoms with Crippen LogP contribution in [-0.4, -0.2) is 58.8 Å². The summed E-state index contributed by atoms with van der Waals surface area (Å²) in [6.45, 7) is 7.34. The van der Waals surface area contributed by atoms with Gasteiger partial charge in [-0.25, -0.2) is 4.79 Å². The van der Waals surface area contributed by atoms with Crippen molar-refractivity contribution in [2.75, 3.05) is 52.9 Å². The fraction of sp³-hybridized carbons (Fsp3) is 0.429. The Morgan fingerprint density at radius 3 is 1.80 bits per heavy atom. The summed E-state index contributed by atoms with van der Waals surface area (Å²) in [5, 5.41) is 8.90. The van der Waals surface area contributed by atoms with Crippen molar-refractivity contribution in [1.82, 2.24) is 0 Å². The van der Waals surface area contributed by atoms with E-state index >= 15 is 0 Å². The van der Waals surface area contributed by atoms with E-state index in [4.69, 9.17) is 28.9 Å². The average Bonchev–Trinajstić information content (AvgIpc) is 2.90. The van der Waals surface area contributed by atoms with Gasteiger partial charge < -0.3 is 23.7 Å². The molecule has 2 aromatic rings. The Bertz CT molecular complexity index is 889. The van der Waals surface area contributed by atoms with Gasteiger partial charge in [0.25, 0.3) is 0 Å². The van der Waals surface area contributed by atoms with Crippen molar-refractivity contribution in [2.45, 2.75) is 25.7 Å². The summed E-state index contributed by atoms with van der Waals surface area (Å²) in [7, 11) is 0. The number of benzene rings is 2. The van der Waals surface area contributed by atoms with Crippen molar-refractivity contribution in [3.05, 3.63) is 66.7 Å². The first-order valence-electron chi connectivity index (χ1n) is 12.0. The highest BCUT2D eigenvalue weighted by Crippen LogP contribution is 2.23. The monoisotopic (exact) mass is 481 g/mol.